The zero-order valence-corrected chi connectivity index (χ0v) is 21.1. The number of nitrogens with one attached hydrogen (secondary N) is 1. The minimum absolute atomic E-state index is 0. The number of carbonyl (C=O) groups excluding carboxylic acids is 2. The fourth-order valence-electron chi connectivity index (χ4n) is 4.46. The summed E-state index contributed by atoms with van der Waals surface area (Å²) in [5.74, 6) is 0.708. The van der Waals surface area contributed by atoms with E-state index >= 15 is 0 Å². The van der Waals surface area contributed by atoms with Gasteiger partial charge in [0, 0.05) is 36.8 Å². The average Bonchev–Trinajstić information content (AvgIpc) is 3.31. The summed E-state index contributed by atoms with van der Waals surface area (Å²) >= 11 is 0. The summed E-state index contributed by atoms with van der Waals surface area (Å²) in [6.07, 6.45) is 5.77. The molecule has 2 aliphatic heterocycles. The Labute approximate surface area is 214 Å². The smallest absolute Gasteiger partial charge is 0.253 e. The number of carbonyl (C=O) groups is 2. The monoisotopic (exact) mass is 507 g/mol. The molecule has 1 unspecified atom stereocenters. The maximum Gasteiger partial charge on any atom is 0.253 e. The van der Waals surface area contributed by atoms with Crippen LogP contribution >= 0.6 is 24.8 Å². The standard InChI is InChI=1S/C26H33N3O3.2ClH/c30-25(21-8-3-1-4-9-21)27-23-14-18-29(20-23)26(31)22-10-12-24(13-11-22)32-19-7-17-28-15-5-2-6-16-28;;/h1,3-4,8-13,23H,2,5-7,14-20H2,(H,27,30);2*1H. The summed E-state index contributed by atoms with van der Waals surface area (Å²) in [7, 11) is 0. The van der Waals surface area contributed by atoms with Gasteiger partial charge in [-0.3, -0.25) is 9.59 Å². The summed E-state index contributed by atoms with van der Waals surface area (Å²) in [5, 5.41) is 3.04. The number of ether oxygens (including phenoxy) is 1. The molecule has 2 fully saturated rings. The molecule has 8 heteroatoms. The van der Waals surface area contributed by atoms with E-state index < -0.39 is 0 Å². The van der Waals surface area contributed by atoms with E-state index in [0.29, 0.717) is 30.8 Å². The second-order valence-electron chi connectivity index (χ2n) is 8.70. The van der Waals surface area contributed by atoms with Crippen molar-refractivity contribution in [2.75, 3.05) is 39.3 Å². The summed E-state index contributed by atoms with van der Waals surface area (Å²) in [5.41, 5.74) is 1.30. The third-order valence-electron chi connectivity index (χ3n) is 6.28. The van der Waals surface area contributed by atoms with Crippen LogP contribution in [0.2, 0.25) is 0 Å². The van der Waals surface area contributed by atoms with E-state index in [4.69, 9.17) is 4.74 Å². The summed E-state index contributed by atoms with van der Waals surface area (Å²) < 4.78 is 5.86. The zero-order chi connectivity index (χ0) is 22.2. The molecule has 2 saturated heterocycles. The molecule has 0 bridgehead atoms. The minimum atomic E-state index is -0.0910. The highest BCUT2D eigenvalue weighted by molar-refractivity contribution is 5.95. The number of amides is 2. The lowest BCUT2D eigenvalue weighted by molar-refractivity contribution is 0.0783. The van der Waals surface area contributed by atoms with Crippen LogP contribution in [0.3, 0.4) is 0 Å². The fourth-order valence-corrected chi connectivity index (χ4v) is 4.46. The van der Waals surface area contributed by atoms with Crippen molar-refractivity contribution in [3.05, 3.63) is 65.7 Å². The van der Waals surface area contributed by atoms with Gasteiger partial charge in [0.05, 0.1) is 6.61 Å². The first kappa shape index (κ1) is 28.0. The Morgan fingerprint density at radius 2 is 1.59 bits per heavy atom. The van der Waals surface area contributed by atoms with Crippen LogP contribution in [0.4, 0.5) is 0 Å². The topological polar surface area (TPSA) is 61.9 Å². The highest BCUT2D eigenvalue weighted by atomic mass is 35.5. The molecule has 0 aromatic heterocycles. The van der Waals surface area contributed by atoms with Crippen molar-refractivity contribution < 1.29 is 14.3 Å². The lowest BCUT2D eigenvalue weighted by Gasteiger charge is -2.26. The molecule has 2 aliphatic rings. The molecule has 2 heterocycles. The van der Waals surface area contributed by atoms with Gasteiger partial charge in [-0.05, 0) is 75.2 Å². The Morgan fingerprint density at radius 3 is 2.29 bits per heavy atom. The molecule has 2 amide bonds. The van der Waals surface area contributed by atoms with Crippen molar-refractivity contribution in [1.82, 2.24) is 15.1 Å². The number of rotatable bonds is 8. The Morgan fingerprint density at radius 1 is 0.882 bits per heavy atom. The van der Waals surface area contributed by atoms with Gasteiger partial charge >= 0.3 is 0 Å². The fraction of sp³-hybridized carbons (Fsp3) is 0.462. The van der Waals surface area contributed by atoms with Gasteiger partial charge in [-0.2, -0.15) is 0 Å². The largest absolute Gasteiger partial charge is 0.494 e. The van der Waals surface area contributed by atoms with E-state index in [1.54, 1.807) is 12.1 Å². The number of benzene rings is 2. The summed E-state index contributed by atoms with van der Waals surface area (Å²) in [6, 6.07) is 16.6. The average molecular weight is 508 g/mol. The number of piperidine rings is 1. The molecular weight excluding hydrogens is 473 g/mol. The van der Waals surface area contributed by atoms with Crippen LogP contribution in [0.15, 0.2) is 54.6 Å². The lowest BCUT2D eigenvalue weighted by atomic mass is 10.1. The second kappa shape index (κ2) is 14.2. The number of hydrogen-bond acceptors (Lipinski definition) is 4. The highest BCUT2D eigenvalue weighted by Gasteiger charge is 2.28. The zero-order valence-electron chi connectivity index (χ0n) is 19.5. The third-order valence-corrected chi connectivity index (χ3v) is 6.28. The minimum Gasteiger partial charge on any atom is -0.494 e. The summed E-state index contributed by atoms with van der Waals surface area (Å²) in [6.45, 7) is 5.39. The molecule has 2 aromatic carbocycles. The highest BCUT2D eigenvalue weighted by Crippen LogP contribution is 2.18. The van der Waals surface area contributed by atoms with Crippen molar-refractivity contribution >= 4 is 36.6 Å². The molecule has 186 valence electrons. The molecule has 1 N–H and O–H groups in total. The Kier molecular flexibility index (Phi) is 11.7. The number of likely N-dealkylation sites (tertiary alicyclic amines) is 2. The van der Waals surface area contributed by atoms with E-state index in [9.17, 15) is 9.59 Å². The molecule has 0 radical (unpaired) electrons. The maximum atomic E-state index is 12.9. The molecule has 2 aromatic rings. The molecule has 0 spiro atoms. The molecule has 4 rings (SSSR count). The Balaban J connectivity index is 0.00000204. The first-order valence-electron chi connectivity index (χ1n) is 11.8. The van der Waals surface area contributed by atoms with Crippen LogP contribution < -0.4 is 10.1 Å². The Hall–Kier alpha value is -2.28. The van der Waals surface area contributed by atoms with Crippen molar-refractivity contribution in [3.63, 3.8) is 0 Å². The van der Waals surface area contributed by atoms with E-state index in [0.717, 1.165) is 25.1 Å². The predicted octanol–water partition coefficient (Wildman–Crippen LogP) is 4.43. The quantitative estimate of drug-likeness (QED) is 0.536. The lowest BCUT2D eigenvalue weighted by Crippen LogP contribution is -2.38. The van der Waals surface area contributed by atoms with E-state index in [1.165, 1.54) is 32.4 Å². The van der Waals surface area contributed by atoms with Crippen LogP contribution in [0.25, 0.3) is 0 Å². The number of hydrogen-bond donors (Lipinski definition) is 1. The summed E-state index contributed by atoms with van der Waals surface area (Å²) in [4.78, 5) is 29.5. The van der Waals surface area contributed by atoms with Crippen LogP contribution in [-0.4, -0.2) is 67.0 Å². The third kappa shape index (κ3) is 7.90. The van der Waals surface area contributed by atoms with E-state index in [2.05, 4.69) is 10.2 Å². The molecule has 1 atom stereocenters. The van der Waals surface area contributed by atoms with Gasteiger partial charge in [0.25, 0.3) is 11.8 Å². The second-order valence-corrected chi connectivity index (χ2v) is 8.70. The maximum absolute atomic E-state index is 12.9. The SMILES string of the molecule is Cl.Cl.O=C(NC1CCN(C(=O)c2ccc(OCCCN3CCCCC3)cc2)C1)c1ccccc1. The van der Waals surface area contributed by atoms with Crippen molar-refractivity contribution in [3.8, 4) is 5.75 Å². The van der Waals surface area contributed by atoms with Crippen LogP contribution in [-0.2, 0) is 0 Å². The normalized spacial score (nSPS) is 17.9. The van der Waals surface area contributed by atoms with Crippen LogP contribution in [0.5, 0.6) is 5.75 Å². The van der Waals surface area contributed by atoms with Gasteiger partial charge in [-0.25, -0.2) is 0 Å². The molecule has 0 aliphatic carbocycles. The molecule has 34 heavy (non-hydrogen) atoms. The predicted molar refractivity (Wildman–Crippen MR) is 140 cm³/mol. The van der Waals surface area contributed by atoms with Gasteiger partial charge in [0.1, 0.15) is 5.75 Å². The van der Waals surface area contributed by atoms with Crippen LogP contribution in [0, 0.1) is 0 Å². The number of halogens is 2. The van der Waals surface area contributed by atoms with Crippen molar-refractivity contribution in [2.45, 2.75) is 38.1 Å². The van der Waals surface area contributed by atoms with Gasteiger partial charge in [0.15, 0.2) is 0 Å². The first-order chi connectivity index (χ1) is 15.7. The van der Waals surface area contributed by atoms with Gasteiger partial charge in [-0.1, -0.05) is 24.6 Å². The van der Waals surface area contributed by atoms with Crippen molar-refractivity contribution in [1.29, 1.82) is 0 Å². The number of nitrogens with zero attached hydrogens (tertiary/aromatic N) is 2. The Bertz CT molecular complexity index is 890. The van der Waals surface area contributed by atoms with Gasteiger partial charge < -0.3 is 19.9 Å². The van der Waals surface area contributed by atoms with Crippen molar-refractivity contribution in [2.24, 2.45) is 0 Å². The van der Waals surface area contributed by atoms with E-state index in [-0.39, 0.29) is 42.7 Å². The van der Waals surface area contributed by atoms with E-state index in [1.807, 2.05) is 47.4 Å². The van der Waals surface area contributed by atoms with Gasteiger partial charge in [-0.15, -0.1) is 24.8 Å². The molecular formula is C26H35Cl2N3O3. The molecule has 0 saturated carbocycles. The first-order valence-corrected chi connectivity index (χ1v) is 11.8. The molecule has 6 nitrogen and oxygen atoms in total. The van der Waals surface area contributed by atoms with Gasteiger partial charge in [0.2, 0.25) is 0 Å². The van der Waals surface area contributed by atoms with Crippen LogP contribution in [0.1, 0.15) is 52.8 Å².